The Balaban J connectivity index is 2.08. The average Bonchev–Trinajstić information content (AvgIpc) is 2.62. The summed E-state index contributed by atoms with van der Waals surface area (Å²) in [5.74, 6) is 0.0375. The number of hydrogen-bond donors (Lipinski definition) is 1. The molecule has 0 radical (unpaired) electrons. The lowest BCUT2D eigenvalue weighted by atomic mass is 10.1. The number of carbonyl (C=O) groups is 1. The molecule has 4 nitrogen and oxygen atoms in total. The minimum Gasteiger partial charge on any atom is -0.357 e. The maximum Gasteiger partial charge on any atom is 0.238 e. The zero-order valence-corrected chi connectivity index (χ0v) is 8.27. The molecule has 1 saturated heterocycles. The SMILES string of the molecule is O=C1CN2CCO[C@H]2c2ccccc2N1. The Kier molecular flexibility index (Phi) is 1.97. The van der Waals surface area contributed by atoms with E-state index in [1.165, 1.54) is 0 Å². The van der Waals surface area contributed by atoms with Crippen molar-refractivity contribution in [2.75, 3.05) is 25.0 Å². The zero-order valence-electron chi connectivity index (χ0n) is 8.27. The molecule has 0 aliphatic carbocycles. The Bertz CT molecular complexity index is 405. The van der Waals surface area contributed by atoms with Gasteiger partial charge in [-0.2, -0.15) is 0 Å². The van der Waals surface area contributed by atoms with E-state index < -0.39 is 0 Å². The van der Waals surface area contributed by atoms with E-state index in [0.29, 0.717) is 13.2 Å². The van der Waals surface area contributed by atoms with Gasteiger partial charge in [0.15, 0.2) is 0 Å². The number of anilines is 1. The van der Waals surface area contributed by atoms with Crippen LogP contribution in [-0.4, -0.2) is 30.5 Å². The van der Waals surface area contributed by atoms with Crippen molar-refractivity contribution in [3.05, 3.63) is 29.8 Å². The van der Waals surface area contributed by atoms with Gasteiger partial charge >= 0.3 is 0 Å². The molecule has 1 aromatic rings. The Morgan fingerprint density at radius 2 is 2.27 bits per heavy atom. The standard InChI is InChI=1S/C11H12N2O2/c14-10-7-13-5-6-15-11(13)8-3-1-2-4-9(8)12-10/h1-4,11H,5-7H2,(H,12,14)/t11-/m0/s1. The third-order valence-corrected chi connectivity index (χ3v) is 2.83. The van der Waals surface area contributed by atoms with Crippen molar-refractivity contribution in [2.45, 2.75) is 6.23 Å². The summed E-state index contributed by atoms with van der Waals surface area (Å²) in [7, 11) is 0. The molecule has 1 N–H and O–H groups in total. The predicted octanol–water partition coefficient (Wildman–Crippen LogP) is 0.969. The van der Waals surface area contributed by atoms with Gasteiger partial charge in [-0.05, 0) is 6.07 Å². The second-order valence-corrected chi connectivity index (χ2v) is 3.83. The van der Waals surface area contributed by atoms with Gasteiger partial charge in [-0.15, -0.1) is 0 Å². The first kappa shape index (κ1) is 8.88. The molecular weight excluding hydrogens is 192 g/mol. The van der Waals surface area contributed by atoms with Crippen molar-refractivity contribution in [3.63, 3.8) is 0 Å². The number of nitrogens with one attached hydrogen (secondary N) is 1. The Morgan fingerprint density at radius 1 is 1.40 bits per heavy atom. The maximum absolute atomic E-state index is 11.6. The highest BCUT2D eigenvalue weighted by atomic mass is 16.5. The summed E-state index contributed by atoms with van der Waals surface area (Å²) in [6, 6.07) is 7.81. The Morgan fingerprint density at radius 3 is 3.20 bits per heavy atom. The third kappa shape index (κ3) is 1.42. The van der Waals surface area contributed by atoms with E-state index in [0.717, 1.165) is 17.8 Å². The average molecular weight is 204 g/mol. The van der Waals surface area contributed by atoms with Crippen molar-refractivity contribution < 1.29 is 9.53 Å². The molecule has 1 amide bonds. The van der Waals surface area contributed by atoms with E-state index in [1.807, 2.05) is 24.3 Å². The fraction of sp³-hybridized carbons (Fsp3) is 0.364. The first-order valence-electron chi connectivity index (χ1n) is 5.09. The molecule has 1 fully saturated rings. The molecule has 4 heteroatoms. The van der Waals surface area contributed by atoms with E-state index in [2.05, 4.69) is 10.2 Å². The second kappa shape index (κ2) is 3.32. The number of rotatable bonds is 0. The largest absolute Gasteiger partial charge is 0.357 e. The molecule has 1 atom stereocenters. The normalized spacial score (nSPS) is 25.3. The lowest BCUT2D eigenvalue weighted by Crippen LogP contribution is -2.29. The molecule has 3 rings (SSSR count). The molecule has 0 spiro atoms. The number of para-hydroxylation sites is 1. The first-order valence-corrected chi connectivity index (χ1v) is 5.09. The van der Waals surface area contributed by atoms with Crippen LogP contribution in [0.15, 0.2) is 24.3 Å². The molecule has 2 aliphatic heterocycles. The lowest BCUT2D eigenvalue weighted by Gasteiger charge is -2.19. The molecule has 78 valence electrons. The van der Waals surface area contributed by atoms with Crippen molar-refractivity contribution in [1.29, 1.82) is 0 Å². The second-order valence-electron chi connectivity index (χ2n) is 3.83. The minimum atomic E-state index is -0.0554. The van der Waals surface area contributed by atoms with Gasteiger partial charge in [-0.1, -0.05) is 18.2 Å². The van der Waals surface area contributed by atoms with Crippen molar-refractivity contribution in [2.24, 2.45) is 0 Å². The van der Waals surface area contributed by atoms with Crippen molar-refractivity contribution in [1.82, 2.24) is 4.90 Å². The number of benzene rings is 1. The topological polar surface area (TPSA) is 41.6 Å². The van der Waals surface area contributed by atoms with Crippen LogP contribution in [0.2, 0.25) is 0 Å². The number of ether oxygens (including phenoxy) is 1. The number of hydrogen-bond acceptors (Lipinski definition) is 3. The smallest absolute Gasteiger partial charge is 0.238 e. The highest BCUT2D eigenvalue weighted by Crippen LogP contribution is 2.33. The lowest BCUT2D eigenvalue weighted by molar-refractivity contribution is -0.118. The van der Waals surface area contributed by atoms with Gasteiger partial charge in [0.25, 0.3) is 0 Å². The summed E-state index contributed by atoms with van der Waals surface area (Å²) >= 11 is 0. The van der Waals surface area contributed by atoms with Crippen LogP contribution >= 0.6 is 0 Å². The van der Waals surface area contributed by atoms with Crippen LogP contribution in [0, 0.1) is 0 Å². The Labute approximate surface area is 87.8 Å². The van der Waals surface area contributed by atoms with Crippen LogP contribution in [0.5, 0.6) is 0 Å². The van der Waals surface area contributed by atoms with Crippen LogP contribution in [-0.2, 0) is 9.53 Å². The van der Waals surface area contributed by atoms with E-state index in [1.54, 1.807) is 0 Å². The molecule has 1 aromatic carbocycles. The van der Waals surface area contributed by atoms with E-state index in [9.17, 15) is 4.79 Å². The molecule has 0 saturated carbocycles. The summed E-state index contributed by atoms with van der Waals surface area (Å²) in [5.41, 5.74) is 1.93. The van der Waals surface area contributed by atoms with Crippen LogP contribution in [0.1, 0.15) is 11.8 Å². The molecule has 15 heavy (non-hydrogen) atoms. The zero-order chi connectivity index (χ0) is 10.3. The molecule has 0 unspecified atom stereocenters. The van der Waals surface area contributed by atoms with Crippen LogP contribution in [0.25, 0.3) is 0 Å². The van der Waals surface area contributed by atoms with Gasteiger partial charge < -0.3 is 10.1 Å². The summed E-state index contributed by atoms with van der Waals surface area (Å²) in [4.78, 5) is 13.6. The van der Waals surface area contributed by atoms with Gasteiger partial charge in [0, 0.05) is 17.8 Å². The molecule has 0 aromatic heterocycles. The highest BCUT2D eigenvalue weighted by Gasteiger charge is 2.32. The number of nitrogens with zero attached hydrogens (tertiary/aromatic N) is 1. The number of fused-ring (bicyclic) bond motifs is 3. The molecule has 0 bridgehead atoms. The summed E-state index contributed by atoms with van der Waals surface area (Å²) in [5, 5.41) is 2.89. The van der Waals surface area contributed by atoms with Gasteiger partial charge in [0.05, 0.1) is 13.2 Å². The van der Waals surface area contributed by atoms with E-state index in [4.69, 9.17) is 4.74 Å². The number of amides is 1. The summed E-state index contributed by atoms with van der Waals surface area (Å²) in [6.07, 6.45) is -0.0554. The van der Waals surface area contributed by atoms with Gasteiger partial charge in [0.2, 0.25) is 5.91 Å². The monoisotopic (exact) mass is 204 g/mol. The summed E-state index contributed by atoms with van der Waals surface area (Å²) in [6.45, 7) is 1.94. The van der Waals surface area contributed by atoms with Crippen LogP contribution in [0.3, 0.4) is 0 Å². The molecular formula is C11H12N2O2. The predicted molar refractivity (Wildman–Crippen MR) is 55.3 cm³/mol. The van der Waals surface area contributed by atoms with E-state index in [-0.39, 0.29) is 12.1 Å². The van der Waals surface area contributed by atoms with Gasteiger partial charge in [-0.3, -0.25) is 9.69 Å². The highest BCUT2D eigenvalue weighted by molar-refractivity contribution is 5.93. The van der Waals surface area contributed by atoms with Crippen LogP contribution < -0.4 is 5.32 Å². The number of carbonyl (C=O) groups excluding carboxylic acids is 1. The minimum absolute atomic E-state index is 0.0375. The quantitative estimate of drug-likeness (QED) is 0.684. The van der Waals surface area contributed by atoms with Crippen molar-refractivity contribution in [3.8, 4) is 0 Å². The molecule has 2 heterocycles. The van der Waals surface area contributed by atoms with Gasteiger partial charge in [-0.25, -0.2) is 0 Å². The van der Waals surface area contributed by atoms with E-state index >= 15 is 0 Å². The maximum atomic E-state index is 11.6. The van der Waals surface area contributed by atoms with Crippen LogP contribution in [0.4, 0.5) is 5.69 Å². The summed E-state index contributed by atoms with van der Waals surface area (Å²) < 4.78 is 5.65. The third-order valence-electron chi connectivity index (χ3n) is 2.83. The molecule has 2 aliphatic rings. The fourth-order valence-corrected chi connectivity index (χ4v) is 2.15. The Hall–Kier alpha value is -1.39. The fourth-order valence-electron chi connectivity index (χ4n) is 2.15. The van der Waals surface area contributed by atoms with Gasteiger partial charge in [0.1, 0.15) is 6.23 Å². The first-order chi connectivity index (χ1) is 7.34. The van der Waals surface area contributed by atoms with Crippen molar-refractivity contribution >= 4 is 11.6 Å².